The minimum atomic E-state index is -4.37. The lowest BCUT2D eigenvalue weighted by Crippen LogP contribution is -2.51. The number of halogens is 3. The summed E-state index contributed by atoms with van der Waals surface area (Å²) in [5.74, 6) is 0.0279. The van der Waals surface area contributed by atoms with E-state index in [4.69, 9.17) is 4.74 Å². The first-order chi connectivity index (χ1) is 9.93. The van der Waals surface area contributed by atoms with Gasteiger partial charge in [-0.3, -0.25) is 4.79 Å². The Labute approximate surface area is 121 Å². The first-order valence-electron chi connectivity index (χ1n) is 7.04. The van der Waals surface area contributed by atoms with E-state index < -0.39 is 18.1 Å². The molecule has 1 atom stereocenters. The molecule has 0 bridgehead atoms. The van der Waals surface area contributed by atoms with Gasteiger partial charge in [0.15, 0.2) is 0 Å². The molecule has 1 aliphatic heterocycles. The van der Waals surface area contributed by atoms with Gasteiger partial charge in [-0.05, 0) is 50.5 Å². The number of amides is 1. The number of carbonyl (C=O) groups is 1. The molecule has 2 rings (SSSR count). The van der Waals surface area contributed by atoms with E-state index in [1.165, 1.54) is 12.1 Å². The van der Waals surface area contributed by atoms with Crippen LogP contribution in [0.4, 0.5) is 13.2 Å². The van der Waals surface area contributed by atoms with Gasteiger partial charge in [-0.25, -0.2) is 0 Å². The predicted molar refractivity (Wildman–Crippen MR) is 72.3 cm³/mol. The van der Waals surface area contributed by atoms with Gasteiger partial charge in [-0.1, -0.05) is 0 Å². The summed E-state index contributed by atoms with van der Waals surface area (Å²) in [6.45, 7) is 2.48. The lowest BCUT2D eigenvalue weighted by atomic mass is 10.0. The van der Waals surface area contributed by atoms with Crippen LogP contribution in [0.2, 0.25) is 0 Å². The third-order valence-electron chi connectivity index (χ3n) is 3.55. The molecule has 1 amide bonds. The van der Waals surface area contributed by atoms with Crippen molar-refractivity contribution >= 4 is 5.91 Å². The first kappa shape index (κ1) is 15.7. The van der Waals surface area contributed by atoms with Crippen molar-refractivity contribution in [2.45, 2.75) is 38.4 Å². The van der Waals surface area contributed by atoms with Crippen LogP contribution in [0, 0.1) is 0 Å². The first-order valence-corrected chi connectivity index (χ1v) is 7.04. The number of piperidine rings is 1. The molecule has 1 fully saturated rings. The molecule has 1 aromatic rings. The molecule has 1 saturated heterocycles. The van der Waals surface area contributed by atoms with Crippen LogP contribution in [-0.4, -0.2) is 36.2 Å². The van der Waals surface area contributed by atoms with Crippen LogP contribution in [0.15, 0.2) is 24.3 Å². The van der Waals surface area contributed by atoms with Crippen molar-refractivity contribution in [3.05, 3.63) is 29.8 Å². The maximum atomic E-state index is 13.0. The number of hydrogen-bond acceptors (Lipinski definition) is 2. The minimum Gasteiger partial charge on any atom is -0.494 e. The molecule has 3 nitrogen and oxygen atoms in total. The van der Waals surface area contributed by atoms with E-state index in [2.05, 4.69) is 0 Å². The topological polar surface area (TPSA) is 29.5 Å². The summed E-state index contributed by atoms with van der Waals surface area (Å²) >= 11 is 0. The smallest absolute Gasteiger partial charge is 0.408 e. The van der Waals surface area contributed by atoms with Crippen LogP contribution in [0.1, 0.15) is 36.5 Å². The lowest BCUT2D eigenvalue weighted by molar-refractivity contribution is -0.183. The molecule has 0 aromatic heterocycles. The molecule has 21 heavy (non-hydrogen) atoms. The Morgan fingerprint density at radius 1 is 1.29 bits per heavy atom. The van der Waals surface area contributed by atoms with Gasteiger partial charge < -0.3 is 9.64 Å². The van der Waals surface area contributed by atoms with Crippen LogP contribution in [0.25, 0.3) is 0 Å². The number of benzene rings is 1. The van der Waals surface area contributed by atoms with E-state index in [9.17, 15) is 18.0 Å². The summed E-state index contributed by atoms with van der Waals surface area (Å²) in [7, 11) is 0. The molecule has 6 heteroatoms. The van der Waals surface area contributed by atoms with E-state index in [0.29, 0.717) is 25.2 Å². The molecular weight excluding hydrogens is 283 g/mol. The summed E-state index contributed by atoms with van der Waals surface area (Å²) in [5, 5.41) is 0. The van der Waals surface area contributed by atoms with Crippen LogP contribution in [0.5, 0.6) is 5.75 Å². The second-order valence-corrected chi connectivity index (χ2v) is 5.01. The minimum absolute atomic E-state index is 0.0216. The maximum absolute atomic E-state index is 13.0. The van der Waals surface area contributed by atoms with Crippen molar-refractivity contribution in [1.82, 2.24) is 4.90 Å². The Morgan fingerprint density at radius 3 is 2.52 bits per heavy atom. The fraction of sp³-hybridized carbons (Fsp3) is 0.533. The predicted octanol–water partition coefficient (Wildman–Crippen LogP) is 3.64. The number of carbonyl (C=O) groups excluding carboxylic acids is 1. The summed E-state index contributed by atoms with van der Waals surface area (Å²) in [4.78, 5) is 13.3. The zero-order chi connectivity index (χ0) is 15.5. The van der Waals surface area contributed by atoms with Gasteiger partial charge >= 0.3 is 6.18 Å². The van der Waals surface area contributed by atoms with Gasteiger partial charge in [-0.2, -0.15) is 13.2 Å². The number of likely N-dealkylation sites (tertiary alicyclic amines) is 1. The molecule has 1 heterocycles. The Morgan fingerprint density at radius 2 is 1.95 bits per heavy atom. The van der Waals surface area contributed by atoms with Gasteiger partial charge in [-0.15, -0.1) is 0 Å². The van der Waals surface area contributed by atoms with Crippen LogP contribution in [0.3, 0.4) is 0 Å². The van der Waals surface area contributed by atoms with Crippen molar-refractivity contribution in [2.24, 2.45) is 0 Å². The van der Waals surface area contributed by atoms with Crippen molar-refractivity contribution in [2.75, 3.05) is 13.2 Å². The zero-order valence-corrected chi connectivity index (χ0v) is 11.8. The molecule has 116 valence electrons. The second kappa shape index (κ2) is 6.37. The monoisotopic (exact) mass is 301 g/mol. The molecule has 0 saturated carbocycles. The highest BCUT2D eigenvalue weighted by Crippen LogP contribution is 2.32. The molecule has 1 unspecified atom stereocenters. The number of nitrogens with zero attached hydrogens (tertiary/aromatic N) is 1. The molecule has 0 aliphatic carbocycles. The van der Waals surface area contributed by atoms with Crippen LogP contribution in [-0.2, 0) is 0 Å². The fourth-order valence-corrected chi connectivity index (χ4v) is 2.54. The average Bonchev–Trinajstić information content (AvgIpc) is 2.47. The van der Waals surface area contributed by atoms with Crippen LogP contribution < -0.4 is 4.74 Å². The summed E-state index contributed by atoms with van der Waals surface area (Å²) in [6, 6.07) is 4.54. The Hall–Kier alpha value is -1.72. The van der Waals surface area contributed by atoms with Crippen molar-refractivity contribution in [3.63, 3.8) is 0 Å². The summed E-state index contributed by atoms with van der Waals surface area (Å²) in [6.07, 6.45) is -3.29. The average molecular weight is 301 g/mol. The van der Waals surface area contributed by atoms with E-state index in [-0.39, 0.29) is 18.5 Å². The Balaban J connectivity index is 2.16. The van der Waals surface area contributed by atoms with E-state index in [1.54, 1.807) is 12.1 Å². The lowest BCUT2D eigenvalue weighted by Gasteiger charge is -2.36. The third kappa shape index (κ3) is 3.68. The molecule has 1 aromatic carbocycles. The number of ether oxygens (including phenoxy) is 1. The summed E-state index contributed by atoms with van der Waals surface area (Å²) < 4.78 is 44.3. The Bertz CT molecular complexity index is 485. The standard InChI is InChI=1S/C15H18F3NO2/c1-2-21-12-8-6-11(7-9-12)14(20)19-10-4-3-5-13(19)15(16,17)18/h6-9,13H,2-5,10H2,1H3. The van der Waals surface area contributed by atoms with Gasteiger partial charge in [0.2, 0.25) is 0 Å². The molecule has 1 aliphatic rings. The van der Waals surface area contributed by atoms with Crippen LogP contribution >= 0.6 is 0 Å². The van der Waals surface area contributed by atoms with E-state index in [1.807, 2.05) is 6.92 Å². The van der Waals surface area contributed by atoms with Gasteiger partial charge in [0.1, 0.15) is 11.8 Å². The van der Waals surface area contributed by atoms with Gasteiger partial charge in [0.25, 0.3) is 5.91 Å². The summed E-state index contributed by atoms with van der Waals surface area (Å²) in [5.41, 5.74) is 0.259. The molecular formula is C15H18F3NO2. The molecule has 0 spiro atoms. The maximum Gasteiger partial charge on any atom is 0.408 e. The highest BCUT2D eigenvalue weighted by atomic mass is 19.4. The SMILES string of the molecule is CCOc1ccc(C(=O)N2CCCCC2C(F)(F)F)cc1. The second-order valence-electron chi connectivity index (χ2n) is 5.01. The number of rotatable bonds is 3. The number of hydrogen-bond donors (Lipinski definition) is 0. The number of alkyl halides is 3. The van der Waals surface area contributed by atoms with Gasteiger partial charge in [0.05, 0.1) is 6.61 Å². The normalized spacial score (nSPS) is 19.4. The van der Waals surface area contributed by atoms with E-state index >= 15 is 0 Å². The zero-order valence-electron chi connectivity index (χ0n) is 11.8. The highest BCUT2D eigenvalue weighted by Gasteiger charge is 2.46. The largest absolute Gasteiger partial charge is 0.494 e. The quantitative estimate of drug-likeness (QED) is 0.853. The molecule has 0 radical (unpaired) electrons. The van der Waals surface area contributed by atoms with Crippen molar-refractivity contribution < 1.29 is 22.7 Å². The Kier molecular flexibility index (Phi) is 4.75. The van der Waals surface area contributed by atoms with E-state index in [0.717, 1.165) is 4.90 Å². The third-order valence-corrected chi connectivity index (χ3v) is 3.55. The fourth-order valence-electron chi connectivity index (χ4n) is 2.54. The highest BCUT2D eigenvalue weighted by molar-refractivity contribution is 5.94. The molecule has 0 N–H and O–H groups in total. The van der Waals surface area contributed by atoms with Crippen molar-refractivity contribution in [1.29, 1.82) is 0 Å². The van der Waals surface area contributed by atoms with Gasteiger partial charge in [0, 0.05) is 12.1 Å². The van der Waals surface area contributed by atoms with Crippen molar-refractivity contribution in [3.8, 4) is 5.75 Å².